The van der Waals surface area contributed by atoms with E-state index in [1.807, 2.05) is 11.9 Å². The van der Waals surface area contributed by atoms with Crippen molar-refractivity contribution in [3.05, 3.63) is 0 Å². The van der Waals surface area contributed by atoms with E-state index in [4.69, 9.17) is 5.11 Å². The Morgan fingerprint density at radius 1 is 1.31 bits per heavy atom. The fourth-order valence-corrected chi connectivity index (χ4v) is 2.28. The molecule has 0 unspecified atom stereocenters. The number of amides is 1. The van der Waals surface area contributed by atoms with Crippen LogP contribution < -0.4 is 0 Å². The summed E-state index contributed by atoms with van der Waals surface area (Å²) in [4.78, 5) is 15.8. The Kier molecular flexibility index (Phi) is 4.74. The van der Waals surface area contributed by atoms with Gasteiger partial charge in [-0.3, -0.25) is 4.79 Å². The van der Waals surface area contributed by atoms with E-state index in [1.165, 1.54) is 19.3 Å². The highest BCUT2D eigenvalue weighted by Crippen LogP contribution is 2.36. The first-order valence-electron chi connectivity index (χ1n) is 6.04. The normalized spacial score (nSPS) is 18.3. The maximum absolute atomic E-state index is 11.7. The van der Waals surface area contributed by atoms with Crippen LogP contribution in [0.4, 0.5) is 0 Å². The van der Waals surface area contributed by atoms with Crippen LogP contribution in [0.3, 0.4) is 0 Å². The highest BCUT2D eigenvalue weighted by atomic mass is 16.3. The zero-order valence-corrected chi connectivity index (χ0v) is 10.7. The Labute approximate surface area is 98.2 Å². The maximum atomic E-state index is 11.7. The largest absolute Gasteiger partial charge is 0.396 e. The molecule has 0 atom stereocenters. The van der Waals surface area contributed by atoms with Gasteiger partial charge in [-0.25, -0.2) is 0 Å². The second-order valence-electron chi connectivity index (χ2n) is 5.05. The van der Waals surface area contributed by atoms with Crippen LogP contribution in [0.25, 0.3) is 0 Å². The number of nitrogens with zero attached hydrogens (tertiary/aromatic N) is 2. The highest BCUT2D eigenvalue weighted by Gasteiger charge is 2.40. The van der Waals surface area contributed by atoms with Crippen molar-refractivity contribution >= 4 is 5.91 Å². The average molecular weight is 228 g/mol. The van der Waals surface area contributed by atoms with Gasteiger partial charge in [0.25, 0.3) is 0 Å². The summed E-state index contributed by atoms with van der Waals surface area (Å²) in [6.07, 6.45) is 4.64. The van der Waals surface area contributed by atoms with Gasteiger partial charge >= 0.3 is 0 Å². The molecule has 0 bridgehead atoms. The van der Waals surface area contributed by atoms with E-state index in [2.05, 4.69) is 19.0 Å². The molecule has 0 spiro atoms. The Hall–Kier alpha value is -0.610. The fraction of sp³-hybridized carbons (Fsp3) is 0.917. The molecular weight excluding hydrogens is 204 g/mol. The minimum atomic E-state index is 0.0956. The first-order chi connectivity index (χ1) is 7.52. The number of likely N-dealkylation sites (N-methyl/N-ethyl adjacent to an activating group) is 2. The molecule has 1 rings (SSSR count). The number of hydrogen-bond acceptors (Lipinski definition) is 3. The molecule has 0 radical (unpaired) electrons. The Morgan fingerprint density at radius 2 is 1.94 bits per heavy atom. The summed E-state index contributed by atoms with van der Waals surface area (Å²) in [5, 5.41) is 8.70. The van der Waals surface area contributed by atoms with Crippen molar-refractivity contribution < 1.29 is 9.90 Å². The summed E-state index contributed by atoms with van der Waals surface area (Å²) < 4.78 is 0. The number of aliphatic hydroxyl groups is 1. The van der Waals surface area contributed by atoms with Gasteiger partial charge in [-0.05, 0) is 39.8 Å². The van der Waals surface area contributed by atoms with Crippen molar-refractivity contribution in [2.24, 2.45) is 0 Å². The molecule has 0 aliphatic heterocycles. The minimum absolute atomic E-state index is 0.0956. The van der Waals surface area contributed by atoms with E-state index < -0.39 is 0 Å². The Morgan fingerprint density at radius 3 is 2.31 bits per heavy atom. The van der Waals surface area contributed by atoms with Crippen LogP contribution in [-0.2, 0) is 4.79 Å². The third-order valence-corrected chi connectivity index (χ3v) is 3.74. The van der Waals surface area contributed by atoms with Gasteiger partial charge in [0.15, 0.2) is 0 Å². The van der Waals surface area contributed by atoms with E-state index in [0.717, 1.165) is 6.54 Å². The monoisotopic (exact) mass is 228 g/mol. The predicted molar refractivity (Wildman–Crippen MR) is 64.2 cm³/mol. The quantitative estimate of drug-likeness (QED) is 0.728. The molecule has 1 aliphatic carbocycles. The summed E-state index contributed by atoms with van der Waals surface area (Å²) >= 11 is 0. The summed E-state index contributed by atoms with van der Waals surface area (Å²) in [6.45, 7) is 0.905. The molecule has 0 aromatic rings. The van der Waals surface area contributed by atoms with Gasteiger partial charge in [0.2, 0.25) is 5.91 Å². The lowest BCUT2D eigenvalue weighted by Gasteiger charge is -2.49. The summed E-state index contributed by atoms with van der Waals surface area (Å²) in [6, 6.07) is 0. The molecule has 1 saturated carbocycles. The molecule has 4 nitrogen and oxygen atoms in total. The smallest absolute Gasteiger partial charge is 0.222 e. The zero-order chi connectivity index (χ0) is 12.2. The van der Waals surface area contributed by atoms with Crippen molar-refractivity contribution in [3.8, 4) is 0 Å². The molecule has 4 heteroatoms. The summed E-state index contributed by atoms with van der Waals surface area (Å²) in [5.74, 6) is 0.141. The lowest BCUT2D eigenvalue weighted by atomic mass is 9.75. The topological polar surface area (TPSA) is 43.8 Å². The number of rotatable bonds is 6. The molecule has 1 N–H and O–H groups in total. The lowest BCUT2D eigenvalue weighted by molar-refractivity contribution is -0.132. The van der Waals surface area contributed by atoms with Gasteiger partial charge in [-0.1, -0.05) is 0 Å². The zero-order valence-electron chi connectivity index (χ0n) is 10.7. The number of hydrogen-bond donors (Lipinski definition) is 1. The highest BCUT2D eigenvalue weighted by molar-refractivity contribution is 5.75. The van der Waals surface area contributed by atoms with Crippen molar-refractivity contribution in [2.75, 3.05) is 34.3 Å². The van der Waals surface area contributed by atoms with Crippen molar-refractivity contribution in [2.45, 2.75) is 37.6 Å². The van der Waals surface area contributed by atoms with Crippen LogP contribution in [0, 0.1) is 0 Å². The molecule has 0 saturated heterocycles. The third-order valence-electron chi connectivity index (χ3n) is 3.74. The van der Waals surface area contributed by atoms with E-state index in [0.29, 0.717) is 12.8 Å². The van der Waals surface area contributed by atoms with E-state index >= 15 is 0 Å². The van der Waals surface area contributed by atoms with Crippen LogP contribution in [0.2, 0.25) is 0 Å². The molecule has 1 fully saturated rings. The van der Waals surface area contributed by atoms with Crippen molar-refractivity contribution in [1.29, 1.82) is 0 Å². The van der Waals surface area contributed by atoms with E-state index in [-0.39, 0.29) is 18.1 Å². The van der Waals surface area contributed by atoms with Gasteiger partial charge in [0.1, 0.15) is 0 Å². The Bertz CT molecular complexity index is 237. The van der Waals surface area contributed by atoms with E-state index in [1.54, 1.807) is 0 Å². The van der Waals surface area contributed by atoms with Crippen LogP contribution >= 0.6 is 0 Å². The Balaban J connectivity index is 2.43. The fourth-order valence-electron chi connectivity index (χ4n) is 2.28. The summed E-state index contributed by atoms with van der Waals surface area (Å²) in [5.41, 5.74) is 0.198. The van der Waals surface area contributed by atoms with Crippen molar-refractivity contribution in [1.82, 2.24) is 9.80 Å². The number of carbonyl (C=O) groups excluding carboxylic acids is 1. The van der Waals surface area contributed by atoms with Gasteiger partial charge in [0, 0.05) is 32.2 Å². The van der Waals surface area contributed by atoms with Gasteiger partial charge in [-0.15, -0.1) is 0 Å². The molecule has 16 heavy (non-hydrogen) atoms. The predicted octanol–water partition coefficient (Wildman–Crippen LogP) is 0.702. The average Bonchev–Trinajstić information content (AvgIpc) is 2.18. The molecule has 0 aromatic carbocycles. The molecule has 1 amide bonds. The van der Waals surface area contributed by atoms with Gasteiger partial charge < -0.3 is 14.9 Å². The van der Waals surface area contributed by atoms with Gasteiger partial charge in [0.05, 0.1) is 0 Å². The first kappa shape index (κ1) is 13.5. The first-order valence-corrected chi connectivity index (χ1v) is 6.04. The van der Waals surface area contributed by atoms with Crippen LogP contribution in [0.15, 0.2) is 0 Å². The molecular formula is C12H24N2O2. The SMILES string of the molecule is CN(CC1(N(C)C)CCC1)C(=O)CCCO. The van der Waals surface area contributed by atoms with Crippen LogP contribution in [0.5, 0.6) is 0 Å². The molecule has 94 valence electrons. The minimum Gasteiger partial charge on any atom is -0.396 e. The number of carbonyl (C=O) groups is 1. The second kappa shape index (κ2) is 5.64. The third kappa shape index (κ3) is 2.95. The second-order valence-corrected chi connectivity index (χ2v) is 5.05. The molecule has 0 heterocycles. The van der Waals surface area contributed by atoms with Crippen molar-refractivity contribution in [3.63, 3.8) is 0 Å². The van der Waals surface area contributed by atoms with Crippen LogP contribution in [-0.4, -0.2) is 60.6 Å². The lowest BCUT2D eigenvalue weighted by Crippen LogP contribution is -2.57. The summed E-state index contributed by atoms with van der Waals surface area (Å²) in [7, 11) is 6.04. The van der Waals surface area contributed by atoms with Gasteiger partial charge in [-0.2, -0.15) is 0 Å². The maximum Gasteiger partial charge on any atom is 0.222 e. The molecule has 0 aromatic heterocycles. The van der Waals surface area contributed by atoms with Crippen LogP contribution in [0.1, 0.15) is 32.1 Å². The standard InChI is InChI=1S/C12H24N2O2/c1-13(2)12(7-5-8-12)10-14(3)11(16)6-4-9-15/h15H,4-10H2,1-3H3. The number of aliphatic hydroxyl groups excluding tert-OH is 1. The molecule has 1 aliphatic rings. The van der Waals surface area contributed by atoms with E-state index in [9.17, 15) is 4.79 Å².